The van der Waals surface area contributed by atoms with Gasteiger partial charge in [0.05, 0.1) is 6.61 Å². The summed E-state index contributed by atoms with van der Waals surface area (Å²) < 4.78 is 5.43. The molecule has 0 saturated carbocycles. The van der Waals surface area contributed by atoms with Crippen molar-refractivity contribution >= 4 is 11.6 Å². The summed E-state index contributed by atoms with van der Waals surface area (Å²) in [6.07, 6.45) is 2.43. The smallest absolute Gasteiger partial charge is 0.250 e. The summed E-state index contributed by atoms with van der Waals surface area (Å²) in [6, 6.07) is 13.1. The Balaban J connectivity index is 1.63. The number of aryl methyl sites for hydroxylation is 1. The Kier molecular flexibility index (Phi) is 4.55. The Labute approximate surface area is 148 Å². The first kappa shape index (κ1) is 16.3. The highest BCUT2D eigenvalue weighted by molar-refractivity contribution is 5.93. The highest BCUT2D eigenvalue weighted by Crippen LogP contribution is 2.32. The van der Waals surface area contributed by atoms with Crippen molar-refractivity contribution in [3.63, 3.8) is 0 Å². The zero-order chi connectivity index (χ0) is 17.2. The number of hydrogen-bond acceptors (Lipinski definition) is 3. The van der Waals surface area contributed by atoms with Crippen molar-refractivity contribution in [2.24, 2.45) is 0 Å². The Morgan fingerprint density at radius 2 is 1.88 bits per heavy atom. The first-order chi connectivity index (χ1) is 12.2. The molecule has 2 aliphatic heterocycles. The SMILES string of the molecule is Cc1cc(C2CCNCC2)ccc1-c1ccc2c(c1)COCC(=O)N2. The minimum absolute atomic E-state index is 0.0889. The average molecular weight is 336 g/mol. The molecule has 4 heteroatoms. The summed E-state index contributed by atoms with van der Waals surface area (Å²) >= 11 is 0. The second kappa shape index (κ2) is 6.98. The molecule has 2 heterocycles. The van der Waals surface area contributed by atoms with E-state index in [4.69, 9.17) is 4.74 Å². The van der Waals surface area contributed by atoms with E-state index < -0.39 is 0 Å². The number of nitrogens with one attached hydrogen (secondary N) is 2. The van der Waals surface area contributed by atoms with Crippen molar-refractivity contribution in [1.29, 1.82) is 0 Å². The van der Waals surface area contributed by atoms with Gasteiger partial charge in [0.25, 0.3) is 0 Å². The molecule has 0 radical (unpaired) electrons. The maximum absolute atomic E-state index is 11.6. The molecule has 0 spiro atoms. The molecule has 2 aliphatic rings. The van der Waals surface area contributed by atoms with Gasteiger partial charge in [-0.05, 0) is 73.2 Å². The van der Waals surface area contributed by atoms with Crippen LogP contribution in [0, 0.1) is 6.92 Å². The predicted molar refractivity (Wildman–Crippen MR) is 99.7 cm³/mol. The number of fused-ring (bicyclic) bond motifs is 1. The molecular weight excluding hydrogens is 312 g/mol. The van der Waals surface area contributed by atoms with Gasteiger partial charge in [-0.25, -0.2) is 0 Å². The Morgan fingerprint density at radius 3 is 2.68 bits per heavy atom. The highest BCUT2D eigenvalue weighted by atomic mass is 16.5. The molecule has 0 aliphatic carbocycles. The molecule has 4 nitrogen and oxygen atoms in total. The van der Waals surface area contributed by atoms with Gasteiger partial charge >= 0.3 is 0 Å². The molecule has 4 rings (SSSR count). The van der Waals surface area contributed by atoms with Crippen LogP contribution in [-0.2, 0) is 16.1 Å². The fraction of sp³-hybridized carbons (Fsp3) is 0.381. The molecule has 0 aromatic heterocycles. The van der Waals surface area contributed by atoms with Crippen LogP contribution in [0.3, 0.4) is 0 Å². The van der Waals surface area contributed by atoms with E-state index in [2.05, 4.69) is 47.9 Å². The van der Waals surface area contributed by atoms with Gasteiger partial charge in [0.15, 0.2) is 0 Å². The summed E-state index contributed by atoms with van der Waals surface area (Å²) in [6.45, 7) is 5.00. The number of rotatable bonds is 2. The van der Waals surface area contributed by atoms with Gasteiger partial charge in [-0.3, -0.25) is 4.79 Å². The fourth-order valence-electron chi connectivity index (χ4n) is 3.86. The third kappa shape index (κ3) is 3.46. The van der Waals surface area contributed by atoms with Crippen molar-refractivity contribution in [2.75, 3.05) is 25.0 Å². The van der Waals surface area contributed by atoms with Crippen LogP contribution in [0.4, 0.5) is 5.69 Å². The first-order valence-electron chi connectivity index (χ1n) is 9.03. The minimum atomic E-state index is -0.0889. The molecule has 130 valence electrons. The third-order valence-electron chi connectivity index (χ3n) is 5.24. The van der Waals surface area contributed by atoms with Gasteiger partial charge in [-0.1, -0.05) is 24.3 Å². The van der Waals surface area contributed by atoms with E-state index in [1.54, 1.807) is 0 Å². The summed E-state index contributed by atoms with van der Waals surface area (Å²) in [4.78, 5) is 11.6. The second-order valence-corrected chi connectivity index (χ2v) is 7.01. The van der Waals surface area contributed by atoms with E-state index in [1.165, 1.54) is 35.1 Å². The molecule has 0 bridgehead atoms. The molecular formula is C21H24N2O2. The number of ether oxygens (including phenoxy) is 1. The second-order valence-electron chi connectivity index (χ2n) is 7.01. The number of amides is 1. The minimum Gasteiger partial charge on any atom is -0.367 e. The van der Waals surface area contributed by atoms with Crippen LogP contribution >= 0.6 is 0 Å². The Hall–Kier alpha value is -2.17. The van der Waals surface area contributed by atoms with Crippen LogP contribution in [0.2, 0.25) is 0 Å². The number of benzene rings is 2. The van der Waals surface area contributed by atoms with E-state index in [0.29, 0.717) is 12.5 Å². The molecule has 1 amide bonds. The van der Waals surface area contributed by atoms with Crippen LogP contribution in [0.5, 0.6) is 0 Å². The summed E-state index contributed by atoms with van der Waals surface area (Å²) in [5.74, 6) is 0.582. The molecule has 25 heavy (non-hydrogen) atoms. The van der Waals surface area contributed by atoms with Crippen LogP contribution in [0.1, 0.15) is 35.4 Å². The van der Waals surface area contributed by atoms with Crippen molar-refractivity contribution in [1.82, 2.24) is 5.32 Å². The van der Waals surface area contributed by atoms with Crippen LogP contribution in [-0.4, -0.2) is 25.6 Å². The van der Waals surface area contributed by atoms with E-state index in [0.717, 1.165) is 24.3 Å². The largest absolute Gasteiger partial charge is 0.367 e. The zero-order valence-corrected chi connectivity index (χ0v) is 14.6. The Morgan fingerprint density at radius 1 is 1.04 bits per heavy atom. The first-order valence-corrected chi connectivity index (χ1v) is 9.03. The molecule has 2 aromatic rings. The average Bonchev–Trinajstić information content (AvgIpc) is 2.82. The Bertz CT molecular complexity index is 794. The van der Waals surface area contributed by atoms with Crippen molar-refractivity contribution in [3.05, 3.63) is 53.1 Å². The lowest BCUT2D eigenvalue weighted by Crippen LogP contribution is -2.26. The summed E-state index contributed by atoms with van der Waals surface area (Å²) in [7, 11) is 0. The van der Waals surface area contributed by atoms with E-state index in [9.17, 15) is 4.79 Å². The van der Waals surface area contributed by atoms with E-state index in [1.807, 2.05) is 6.07 Å². The lowest BCUT2D eigenvalue weighted by molar-refractivity contribution is -0.120. The standard InChI is InChI=1S/C21H24N2O2/c1-14-10-16(15-6-8-22-9-7-15)2-4-19(14)17-3-5-20-18(11-17)12-25-13-21(24)23-20/h2-5,10-11,15,22H,6-9,12-13H2,1H3,(H,23,24). The zero-order valence-electron chi connectivity index (χ0n) is 14.6. The van der Waals surface area contributed by atoms with E-state index >= 15 is 0 Å². The van der Waals surface area contributed by atoms with Crippen molar-refractivity contribution in [3.8, 4) is 11.1 Å². The van der Waals surface area contributed by atoms with Gasteiger partial charge in [0.2, 0.25) is 5.91 Å². The molecule has 0 unspecified atom stereocenters. The number of carbonyl (C=O) groups is 1. The number of piperidine rings is 1. The molecule has 2 aromatic carbocycles. The van der Waals surface area contributed by atoms with Gasteiger partial charge < -0.3 is 15.4 Å². The third-order valence-corrected chi connectivity index (χ3v) is 5.24. The monoisotopic (exact) mass is 336 g/mol. The van der Waals surface area contributed by atoms with Crippen LogP contribution < -0.4 is 10.6 Å². The maximum Gasteiger partial charge on any atom is 0.250 e. The molecule has 1 fully saturated rings. The molecule has 1 saturated heterocycles. The van der Waals surface area contributed by atoms with Gasteiger partial charge in [-0.2, -0.15) is 0 Å². The lowest BCUT2D eigenvalue weighted by Gasteiger charge is -2.24. The van der Waals surface area contributed by atoms with Crippen LogP contribution in [0.25, 0.3) is 11.1 Å². The highest BCUT2D eigenvalue weighted by Gasteiger charge is 2.17. The van der Waals surface area contributed by atoms with Crippen molar-refractivity contribution in [2.45, 2.75) is 32.3 Å². The van der Waals surface area contributed by atoms with Crippen LogP contribution in [0.15, 0.2) is 36.4 Å². The summed E-state index contributed by atoms with van der Waals surface area (Å²) in [5.41, 5.74) is 7.06. The quantitative estimate of drug-likeness (QED) is 0.881. The van der Waals surface area contributed by atoms with Gasteiger partial charge in [0, 0.05) is 11.3 Å². The van der Waals surface area contributed by atoms with Gasteiger partial charge in [-0.15, -0.1) is 0 Å². The molecule has 2 N–H and O–H groups in total. The summed E-state index contributed by atoms with van der Waals surface area (Å²) in [5, 5.41) is 6.33. The molecule has 0 atom stereocenters. The number of hydrogen-bond donors (Lipinski definition) is 2. The van der Waals surface area contributed by atoms with E-state index in [-0.39, 0.29) is 12.5 Å². The maximum atomic E-state index is 11.6. The topological polar surface area (TPSA) is 50.4 Å². The van der Waals surface area contributed by atoms with Crippen molar-refractivity contribution < 1.29 is 9.53 Å². The fourth-order valence-corrected chi connectivity index (χ4v) is 3.86. The predicted octanol–water partition coefficient (Wildman–Crippen LogP) is 3.60. The normalized spacial score (nSPS) is 18.4. The number of carbonyl (C=O) groups excluding carboxylic acids is 1. The van der Waals surface area contributed by atoms with Gasteiger partial charge in [0.1, 0.15) is 6.61 Å². The number of anilines is 1. The lowest BCUT2D eigenvalue weighted by atomic mass is 9.87.